The zero-order chi connectivity index (χ0) is 23.8. The van der Waals surface area contributed by atoms with Crippen LogP contribution < -0.4 is 5.56 Å². The third-order valence-corrected chi connectivity index (χ3v) is 6.78. The fraction of sp³-hybridized carbons (Fsp3) is 0.240. The van der Waals surface area contributed by atoms with Gasteiger partial charge in [0, 0.05) is 34.2 Å². The number of benzene rings is 2. The zero-order valence-corrected chi connectivity index (χ0v) is 20.7. The number of furan rings is 1. The van der Waals surface area contributed by atoms with Gasteiger partial charge in [-0.15, -0.1) is 5.10 Å². The van der Waals surface area contributed by atoms with E-state index in [9.17, 15) is 4.79 Å². The largest absolute Gasteiger partial charge is 0.455 e. The van der Waals surface area contributed by atoms with Gasteiger partial charge in [0.1, 0.15) is 17.2 Å². The van der Waals surface area contributed by atoms with Crippen LogP contribution in [0.3, 0.4) is 0 Å². The number of aromatic amines is 1. The maximum Gasteiger partial charge on any atom is 0.256 e. The van der Waals surface area contributed by atoms with Gasteiger partial charge >= 0.3 is 0 Å². The highest BCUT2D eigenvalue weighted by Crippen LogP contribution is 2.41. The summed E-state index contributed by atoms with van der Waals surface area (Å²) in [7, 11) is 0. The summed E-state index contributed by atoms with van der Waals surface area (Å²) < 4.78 is 8.86. The third-order valence-electron chi connectivity index (χ3n) is 6.00. The van der Waals surface area contributed by atoms with Crippen LogP contribution in [0.25, 0.3) is 33.7 Å². The lowest BCUT2D eigenvalue weighted by molar-refractivity contribution is 0.628. The molecule has 0 amide bonds. The lowest BCUT2D eigenvalue weighted by Gasteiger charge is -2.14. The van der Waals surface area contributed by atoms with E-state index >= 15 is 0 Å². The molecular weight excluding hydrogens is 496 g/mol. The molecule has 9 heteroatoms. The lowest BCUT2D eigenvalue weighted by Crippen LogP contribution is -2.28. The molecule has 0 atom stereocenters. The van der Waals surface area contributed by atoms with E-state index in [2.05, 4.69) is 49.5 Å². The van der Waals surface area contributed by atoms with Crippen LogP contribution in [0.15, 0.2) is 56.1 Å². The molecule has 0 aliphatic rings. The Hall–Kier alpha value is -3.59. The molecule has 0 aliphatic carbocycles. The predicted molar refractivity (Wildman–Crippen MR) is 134 cm³/mol. The normalized spacial score (nSPS) is 11.4. The number of nitrogens with zero attached hydrogens (tertiary/aromatic N) is 5. The molecule has 5 rings (SSSR count). The average molecular weight is 519 g/mol. The highest BCUT2D eigenvalue weighted by atomic mass is 79.9. The topological polar surface area (TPSA) is 102 Å². The first kappa shape index (κ1) is 22.2. The SMILES string of the molecule is CCCc1nc(C)c(C)c(=O)n1Cc1ccc2oc(-c3ccccc3-c3nnn[nH]3)c(Br)c2c1. The number of aromatic nitrogens is 6. The van der Waals surface area contributed by atoms with Crippen molar-refractivity contribution in [3.8, 4) is 22.7 Å². The van der Waals surface area contributed by atoms with Gasteiger partial charge in [0.15, 0.2) is 5.82 Å². The van der Waals surface area contributed by atoms with Crippen molar-refractivity contribution in [3.63, 3.8) is 0 Å². The van der Waals surface area contributed by atoms with Crippen LogP contribution in [0, 0.1) is 13.8 Å². The second-order valence-electron chi connectivity index (χ2n) is 8.25. The van der Waals surface area contributed by atoms with Gasteiger partial charge in [0.2, 0.25) is 0 Å². The first-order valence-corrected chi connectivity index (χ1v) is 11.9. The molecule has 172 valence electrons. The summed E-state index contributed by atoms with van der Waals surface area (Å²) in [5.41, 5.74) is 4.94. The minimum absolute atomic E-state index is 0.0117. The molecule has 0 spiro atoms. The van der Waals surface area contributed by atoms with Crippen molar-refractivity contribution >= 4 is 26.9 Å². The van der Waals surface area contributed by atoms with E-state index in [1.54, 1.807) is 4.57 Å². The van der Waals surface area contributed by atoms with Crippen molar-refractivity contribution in [1.82, 2.24) is 30.2 Å². The Morgan fingerprint density at radius 2 is 1.91 bits per heavy atom. The van der Waals surface area contributed by atoms with E-state index < -0.39 is 0 Å². The Bertz CT molecular complexity index is 1550. The van der Waals surface area contributed by atoms with Crippen LogP contribution in [-0.2, 0) is 13.0 Å². The van der Waals surface area contributed by atoms with Gasteiger partial charge in [0.25, 0.3) is 5.56 Å². The van der Waals surface area contributed by atoms with E-state index in [-0.39, 0.29) is 5.56 Å². The van der Waals surface area contributed by atoms with Gasteiger partial charge < -0.3 is 4.42 Å². The second-order valence-corrected chi connectivity index (χ2v) is 9.04. The van der Waals surface area contributed by atoms with Gasteiger partial charge in [-0.2, -0.15) is 0 Å². The molecule has 0 saturated carbocycles. The monoisotopic (exact) mass is 518 g/mol. The quantitative estimate of drug-likeness (QED) is 0.330. The minimum atomic E-state index is 0.0117. The standard InChI is InChI=1S/C25H23BrN6O2/c1-4-7-21-27-15(3)14(2)25(33)32(21)13-16-10-11-20-19(12-16)22(26)23(34-20)17-8-5-6-9-18(17)24-28-30-31-29-24/h5-6,8-12H,4,7,13H2,1-3H3,(H,28,29,30,31). The first-order valence-electron chi connectivity index (χ1n) is 11.1. The van der Waals surface area contributed by atoms with Crippen LogP contribution in [0.1, 0.15) is 36.0 Å². The zero-order valence-electron chi connectivity index (χ0n) is 19.1. The minimum Gasteiger partial charge on any atom is -0.455 e. The Morgan fingerprint density at radius 1 is 1.12 bits per heavy atom. The summed E-state index contributed by atoms with van der Waals surface area (Å²) in [5, 5.41) is 15.2. The first-order chi connectivity index (χ1) is 16.5. The molecular formula is C25H23BrN6O2. The van der Waals surface area contributed by atoms with Crippen molar-refractivity contribution in [2.24, 2.45) is 0 Å². The fourth-order valence-electron chi connectivity index (χ4n) is 4.12. The number of rotatable bonds is 6. The molecule has 1 N–H and O–H groups in total. The number of H-pyrrole nitrogens is 1. The van der Waals surface area contributed by atoms with Gasteiger partial charge in [-0.05, 0) is 64.3 Å². The highest BCUT2D eigenvalue weighted by Gasteiger charge is 2.19. The van der Waals surface area contributed by atoms with Gasteiger partial charge in [0.05, 0.1) is 11.0 Å². The third kappa shape index (κ3) is 3.86. The molecule has 3 heterocycles. The maximum absolute atomic E-state index is 13.0. The molecule has 0 saturated heterocycles. The molecule has 0 aliphatic heterocycles. The van der Waals surface area contributed by atoms with Crippen LogP contribution in [0.4, 0.5) is 0 Å². The molecule has 5 aromatic rings. The molecule has 8 nitrogen and oxygen atoms in total. The molecule has 3 aromatic heterocycles. The fourth-order valence-corrected chi connectivity index (χ4v) is 4.72. The lowest BCUT2D eigenvalue weighted by atomic mass is 10.0. The van der Waals surface area contributed by atoms with Crippen LogP contribution >= 0.6 is 15.9 Å². The molecule has 0 fully saturated rings. The second kappa shape index (κ2) is 8.98. The number of hydrogen-bond donors (Lipinski definition) is 1. The highest BCUT2D eigenvalue weighted by molar-refractivity contribution is 9.10. The summed E-state index contributed by atoms with van der Waals surface area (Å²) in [6.07, 6.45) is 1.68. The summed E-state index contributed by atoms with van der Waals surface area (Å²) >= 11 is 3.74. The number of aryl methyl sites for hydroxylation is 2. The predicted octanol–water partition coefficient (Wildman–Crippen LogP) is 5.22. The van der Waals surface area contributed by atoms with E-state index in [1.807, 2.05) is 50.2 Å². The van der Waals surface area contributed by atoms with Gasteiger partial charge in [-0.25, -0.2) is 10.1 Å². The summed E-state index contributed by atoms with van der Waals surface area (Å²) in [5.74, 6) is 2.07. The molecule has 0 unspecified atom stereocenters. The van der Waals surface area contributed by atoms with E-state index in [1.165, 1.54) is 0 Å². The van der Waals surface area contributed by atoms with E-state index in [4.69, 9.17) is 9.40 Å². The Kier molecular flexibility index (Phi) is 5.87. The van der Waals surface area contributed by atoms with Crippen LogP contribution in [0.2, 0.25) is 0 Å². The van der Waals surface area contributed by atoms with Crippen molar-refractivity contribution in [2.45, 2.75) is 40.2 Å². The Balaban J connectivity index is 1.59. The number of fused-ring (bicyclic) bond motifs is 1. The van der Waals surface area contributed by atoms with Crippen molar-refractivity contribution in [2.75, 3.05) is 0 Å². The summed E-state index contributed by atoms with van der Waals surface area (Å²) in [6, 6.07) is 13.8. The van der Waals surface area contributed by atoms with Gasteiger partial charge in [-0.3, -0.25) is 9.36 Å². The van der Waals surface area contributed by atoms with E-state index in [0.29, 0.717) is 23.7 Å². The molecule has 34 heavy (non-hydrogen) atoms. The van der Waals surface area contributed by atoms with Crippen molar-refractivity contribution in [3.05, 3.63) is 79.9 Å². The summed E-state index contributed by atoms with van der Waals surface area (Å²) in [4.78, 5) is 17.7. The Labute approximate surface area is 204 Å². The number of nitrogens with one attached hydrogen (secondary N) is 1. The van der Waals surface area contributed by atoms with Gasteiger partial charge in [-0.1, -0.05) is 37.3 Å². The van der Waals surface area contributed by atoms with E-state index in [0.717, 1.165) is 56.5 Å². The van der Waals surface area contributed by atoms with Crippen LogP contribution in [-0.4, -0.2) is 30.2 Å². The smallest absolute Gasteiger partial charge is 0.256 e. The number of tetrazole rings is 1. The summed E-state index contributed by atoms with van der Waals surface area (Å²) in [6.45, 7) is 6.27. The van der Waals surface area contributed by atoms with Crippen molar-refractivity contribution < 1.29 is 4.42 Å². The number of hydrogen-bond acceptors (Lipinski definition) is 6. The molecule has 0 bridgehead atoms. The van der Waals surface area contributed by atoms with Crippen LogP contribution in [0.5, 0.6) is 0 Å². The van der Waals surface area contributed by atoms with Crippen molar-refractivity contribution in [1.29, 1.82) is 0 Å². The average Bonchev–Trinajstić information content (AvgIpc) is 3.49. The maximum atomic E-state index is 13.0. The molecule has 2 aromatic carbocycles. The molecule has 0 radical (unpaired) electrons. The Morgan fingerprint density at radius 3 is 2.65 bits per heavy atom. The number of halogens is 1.